The molecule has 1 fully saturated rings. The van der Waals surface area contributed by atoms with Crippen LogP contribution in [0.5, 0.6) is 0 Å². The van der Waals surface area contributed by atoms with Gasteiger partial charge in [0.1, 0.15) is 0 Å². The third-order valence-corrected chi connectivity index (χ3v) is 4.69. The molecular formula is C19H20N4O2. The fraction of sp³-hybridized carbons (Fsp3) is 0.316. The largest absolute Gasteiger partial charge is 0.444 e. The molecule has 1 aliphatic heterocycles. The van der Waals surface area contributed by atoms with E-state index in [0.717, 1.165) is 37.9 Å². The number of hydrogen-bond donors (Lipinski definition) is 0. The van der Waals surface area contributed by atoms with E-state index in [0.29, 0.717) is 11.3 Å². The number of benzene rings is 1. The predicted octanol–water partition coefficient (Wildman–Crippen LogP) is 3.23. The van der Waals surface area contributed by atoms with Crippen LogP contribution in [0.2, 0.25) is 0 Å². The second-order valence-electron chi connectivity index (χ2n) is 6.32. The molecule has 0 bridgehead atoms. The van der Waals surface area contributed by atoms with Gasteiger partial charge in [0.25, 0.3) is 5.91 Å². The third kappa shape index (κ3) is 3.33. The standard InChI is InChI=1S/C19H20N4O2/c24-19(16-7-5-15(6-8-16)18-12-20-14-25-18)23-11-2-1-4-17(23)13-22-10-3-9-21-22/h3,5-10,12,14,17H,1-2,4,11,13H2. The van der Waals surface area contributed by atoms with Crippen molar-refractivity contribution >= 4 is 5.91 Å². The van der Waals surface area contributed by atoms with Crippen LogP contribution >= 0.6 is 0 Å². The van der Waals surface area contributed by atoms with E-state index >= 15 is 0 Å². The fourth-order valence-electron chi connectivity index (χ4n) is 3.38. The second kappa shape index (κ2) is 6.93. The lowest BCUT2D eigenvalue weighted by atomic mass is 10.00. The number of piperidine rings is 1. The molecule has 0 N–H and O–H groups in total. The molecule has 3 aromatic rings. The fourth-order valence-corrected chi connectivity index (χ4v) is 3.38. The quantitative estimate of drug-likeness (QED) is 0.734. The molecule has 1 amide bonds. The number of amides is 1. The molecule has 4 rings (SSSR count). The van der Waals surface area contributed by atoms with Crippen molar-refractivity contribution in [2.24, 2.45) is 0 Å². The van der Waals surface area contributed by atoms with Gasteiger partial charge in [-0.1, -0.05) is 12.1 Å². The zero-order valence-corrected chi connectivity index (χ0v) is 13.9. The Morgan fingerprint density at radius 1 is 1.24 bits per heavy atom. The SMILES string of the molecule is O=C(c1ccc(-c2cnco2)cc1)N1CCCCC1Cn1cccn1. The Morgan fingerprint density at radius 2 is 2.12 bits per heavy atom. The Bertz CT molecular complexity index is 810. The summed E-state index contributed by atoms with van der Waals surface area (Å²) in [5.41, 5.74) is 1.62. The minimum atomic E-state index is 0.0842. The molecule has 1 saturated heterocycles. The van der Waals surface area contributed by atoms with Crippen molar-refractivity contribution in [3.63, 3.8) is 0 Å². The maximum absolute atomic E-state index is 13.0. The molecule has 1 aliphatic rings. The summed E-state index contributed by atoms with van der Waals surface area (Å²) in [6, 6.07) is 9.63. The first-order valence-corrected chi connectivity index (χ1v) is 8.58. The van der Waals surface area contributed by atoms with Crippen LogP contribution < -0.4 is 0 Å². The topological polar surface area (TPSA) is 64.2 Å². The lowest BCUT2D eigenvalue weighted by molar-refractivity contribution is 0.0584. The second-order valence-corrected chi connectivity index (χ2v) is 6.32. The van der Waals surface area contributed by atoms with E-state index in [1.54, 1.807) is 12.4 Å². The van der Waals surface area contributed by atoms with E-state index < -0.39 is 0 Å². The first kappa shape index (κ1) is 15.6. The van der Waals surface area contributed by atoms with Crippen LogP contribution in [0.4, 0.5) is 0 Å². The molecule has 1 aromatic carbocycles. The van der Waals surface area contributed by atoms with Crippen molar-refractivity contribution in [2.45, 2.75) is 31.8 Å². The van der Waals surface area contributed by atoms with E-state index in [2.05, 4.69) is 10.1 Å². The molecule has 1 atom stereocenters. The molecule has 128 valence electrons. The zero-order chi connectivity index (χ0) is 17.1. The number of aromatic nitrogens is 3. The van der Waals surface area contributed by atoms with Gasteiger partial charge < -0.3 is 9.32 Å². The Morgan fingerprint density at radius 3 is 2.84 bits per heavy atom. The molecule has 0 aliphatic carbocycles. The van der Waals surface area contributed by atoms with E-state index in [9.17, 15) is 4.79 Å². The van der Waals surface area contributed by atoms with Crippen molar-refractivity contribution in [3.8, 4) is 11.3 Å². The van der Waals surface area contributed by atoms with Crippen LogP contribution in [-0.2, 0) is 6.54 Å². The molecule has 2 aromatic heterocycles. The minimum Gasteiger partial charge on any atom is -0.444 e. The summed E-state index contributed by atoms with van der Waals surface area (Å²) < 4.78 is 7.20. The Labute approximate surface area is 146 Å². The predicted molar refractivity (Wildman–Crippen MR) is 92.8 cm³/mol. The Balaban J connectivity index is 1.51. The van der Waals surface area contributed by atoms with Crippen LogP contribution in [0.25, 0.3) is 11.3 Å². The maximum atomic E-state index is 13.0. The van der Waals surface area contributed by atoms with Crippen molar-refractivity contribution < 1.29 is 9.21 Å². The first-order chi connectivity index (χ1) is 12.3. The molecule has 0 saturated carbocycles. The molecule has 6 nitrogen and oxygen atoms in total. The average molecular weight is 336 g/mol. The molecular weight excluding hydrogens is 316 g/mol. The molecule has 3 heterocycles. The number of likely N-dealkylation sites (tertiary alicyclic amines) is 1. The van der Waals surface area contributed by atoms with Crippen LogP contribution in [-0.4, -0.2) is 38.2 Å². The lowest BCUT2D eigenvalue weighted by Crippen LogP contribution is -2.45. The van der Waals surface area contributed by atoms with Gasteiger partial charge in [0.05, 0.1) is 18.8 Å². The van der Waals surface area contributed by atoms with Gasteiger partial charge >= 0.3 is 0 Å². The van der Waals surface area contributed by atoms with Crippen LogP contribution in [0, 0.1) is 0 Å². The monoisotopic (exact) mass is 336 g/mol. The van der Waals surface area contributed by atoms with E-state index in [4.69, 9.17) is 4.42 Å². The van der Waals surface area contributed by atoms with Crippen molar-refractivity contribution in [2.75, 3.05) is 6.54 Å². The molecule has 1 unspecified atom stereocenters. The van der Waals surface area contributed by atoms with Gasteiger partial charge in [-0.15, -0.1) is 0 Å². The highest BCUT2D eigenvalue weighted by molar-refractivity contribution is 5.95. The molecule has 25 heavy (non-hydrogen) atoms. The van der Waals surface area contributed by atoms with E-state index in [1.165, 1.54) is 6.39 Å². The van der Waals surface area contributed by atoms with Gasteiger partial charge in [-0.3, -0.25) is 9.48 Å². The molecule has 0 radical (unpaired) electrons. The van der Waals surface area contributed by atoms with E-state index in [1.807, 2.05) is 46.1 Å². The number of rotatable bonds is 4. The van der Waals surface area contributed by atoms with Gasteiger partial charge in [0.15, 0.2) is 12.2 Å². The van der Waals surface area contributed by atoms with Crippen LogP contribution in [0.15, 0.2) is 59.7 Å². The van der Waals surface area contributed by atoms with Crippen molar-refractivity contribution in [1.82, 2.24) is 19.7 Å². The summed E-state index contributed by atoms with van der Waals surface area (Å²) >= 11 is 0. The highest BCUT2D eigenvalue weighted by atomic mass is 16.3. The first-order valence-electron chi connectivity index (χ1n) is 8.58. The minimum absolute atomic E-state index is 0.0842. The number of hydrogen-bond acceptors (Lipinski definition) is 4. The van der Waals surface area contributed by atoms with Gasteiger partial charge in [-0.05, 0) is 37.5 Å². The average Bonchev–Trinajstić information content (AvgIpc) is 3.36. The zero-order valence-electron chi connectivity index (χ0n) is 13.9. The van der Waals surface area contributed by atoms with Crippen molar-refractivity contribution in [1.29, 1.82) is 0 Å². The maximum Gasteiger partial charge on any atom is 0.254 e. The number of carbonyl (C=O) groups excluding carboxylic acids is 1. The Kier molecular flexibility index (Phi) is 4.33. The number of nitrogens with zero attached hydrogens (tertiary/aromatic N) is 4. The number of oxazole rings is 1. The highest BCUT2D eigenvalue weighted by Gasteiger charge is 2.27. The van der Waals surface area contributed by atoms with Gasteiger partial charge in [0.2, 0.25) is 0 Å². The summed E-state index contributed by atoms with van der Waals surface area (Å²) in [7, 11) is 0. The summed E-state index contributed by atoms with van der Waals surface area (Å²) in [4.78, 5) is 18.9. The van der Waals surface area contributed by atoms with Crippen LogP contribution in [0.1, 0.15) is 29.6 Å². The smallest absolute Gasteiger partial charge is 0.254 e. The summed E-state index contributed by atoms with van der Waals surface area (Å²) in [5.74, 6) is 0.787. The molecule has 6 heteroatoms. The summed E-state index contributed by atoms with van der Waals surface area (Å²) in [5, 5.41) is 4.28. The van der Waals surface area contributed by atoms with Crippen LogP contribution in [0.3, 0.4) is 0 Å². The lowest BCUT2D eigenvalue weighted by Gasteiger charge is -2.35. The van der Waals surface area contributed by atoms with Gasteiger partial charge in [-0.2, -0.15) is 5.10 Å². The van der Waals surface area contributed by atoms with Gasteiger partial charge in [0, 0.05) is 30.1 Å². The van der Waals surface area contributed by atoms with Gasteiger partial charge in [-0.25, -0.2) is 4.98 Å². The summed E-state index contributed by atoms with van der Waals surface area (Å²) in [6.07, 6.45) is 10.0. The molecule has 0 spiro atoms. The summed E-state index contributed by atoms with van der Waals surface area (Å²) in [6.45, 7) is 1.55. The normalized spacial score (nSPS) is 17.6. The van der Waals surface area contributed by atoms with E-state index in [-0.39, 0.29) is 11.9 Å². The van der Waals surface area contributed by atoms with Crippen molar-refractivity contribution in [3.05, 3.63) is 60.9 Å². The number of carbonyl (C=O) groups is 1. The third-order valence-electron chi connectivity index (χ3n) is 4.69. The Hall–Kier alpha value is -2.89. The highest BCUT2D eigenvalue weighted by Crippen LogP contribution is 2.23.